The topological polar surface area (TPSA) is 72.0 Å². The third-order valence-corrected chi connectivity index (χ3v) is 4.56. The van der Waals surface area contributed by atoms with Crippen LogP contribution in [0.2, 0.25) is 0 Å². The molecule has 5 nitrogen and oxygen atoms in total. The number of Topliss-reactive ketones (excluding diaryl/α,β-unsaturated/α-hetero) is 1. The van der Waals surface area contributed by atoms with E-state index in [0.29, 0.717) is 12.1 Å². The van der Waals surface area contributed by atoms with Crippen LogP contribution in [-0.2, 0) is 11.3 Å². The number of amides is 1. The highest BCUT2D eigenvalue weighted by Gasteiger charge is 2.10. The van der Waals surface area contributed by atoms with E-state index < -0.39 is 0 Å². The number of nitrogens with one attached hydrogen (secondary N) is 1. The number of carbonyl (C=O) groups is 2. The van der Waals surface area contributed by atoms with Gasteiger partial charge in [-0.05, 0) is 12.1 Å². The molecule has 1 aromatic carbocycles. The molecule has 0 bridgehead atoms. The molecule has 126 valence electrons. The lowest BCUT2D eigenvalue weighted by Gasteiger charge is -2.03. The molecular formula is C19H17N3O2S. The predicted octanol–water partition coefficient (Wildman–Crippen LogP) is 3.48. The van der Waals surface area contributed by atoms with Gasteiger partial charge in [0, 0.05) is 41.7 Å². The molecule has 1 amide bonds. The summed E-state index contributed by atoms with van der Waals surface area (Å²) in [6.07, 6.45) is 3.83. The lowest BCUT2D eigenvalue weighted by molar-refractivity contribution is -0.121. The second-order valence-electron chi connectivity index (χ2n) is 5.45. The van der Waals surface area contributed by atoms with Crippen LogP contribution in [0.15, 0.2) is 60.2 Å². The number of pyridine rings is 1. The quantitative estimate of drug-likeness (QED) is 0.662. The van der Waals surface area contributed by atoms with Gasteiger partial charge in [0.05, 0.1) is 12.2 Å². The highest BCUT2D eigenvalue weighted by atomic mass is 32.1. The van der Waals surface area contributed by atoms with E-state index in [0.717, 1.165) is 16.3 Å². The number of thiazole rings is 1. The molecule has 0 saturated carbocycles. The molecule has 6 heteroatoms. The van der Waals surface area contributed by atoms with Gasteiger partial charge in [-0.1, -0.05) is 30.3 Å². The van der Waals surface area contributed by atoms with E-state index in [2.05, 4.69) is 15.3 Å². The van der Waals surface area contributed by atoms with Crippen LogP contribution >= 0.6 is 11.3 Å². The van der Waals surface area contributed by atoms with Crippen molar-refractivity contribution in [3.05, 3.63) is 71.5 Å². The van der Waals surface area contributed by atoms with Crippen molar-refractivity contribution in [1.82, 2.24) is 15.3 Å². The number of ketones is 1. The molecule has 0 aliphatic rings. The Morgan fingerprint density at radius 3 is 2.52 bits per heavy atom. The Labute approximate surface area is 149 Å². The standard InChI is InChI=1S/C19H17N3O2S/c23-17(14-4-2-1-3-5-14)6-7-18(24)21-12-16-13-25-19(22-16)15-8-10-20-11-9-15/h1-5,8-11,13H,6-7,12H2,(H,21,24). The number of nitrogens with zero attached hydrogens (tertiary/aromatic N) is 2. The minimum Gasteiger partial charge on any atom is -0.350 e. The molecule has 0 spiro atoms. The third kappa shape index (κ3) is 4.81. The number of carbonyl (C=O) groups excluding carboxylic acids is 2. The molecule has 25 heavy (non-hydrogen) atoms. The van der Waals surface area contributed by atoms with Gasteiger partial charge < -0.3 is 5.32 Å². The first kappa shape index (κ1) is 17.0. The molecule has 2 heterocycles. The summed E-state index contributed by atoms with van der Waals surface area (Å²) in [6.45, 7) is 0.361. The van der Waals surface area contributed by atoms with Crippen molar-refractivity contribution in [2.45, 2.75) is 19.4 Å². The van der Waals surface area contributed by atoms with E-state index in [9.17, 15) is 9.59 Å². The van der Waals surface area contributed by atoms with Gasteiger partial charge in [-0.15, -0.1) is 11.3 Å². The lowest BCUT2D eigenvalue weighted by Crippen LogP contribution is -2.23. The monoisotopic (exact) mass is 351 g/mol. The SMILES string of the molecule is O=C(CCC(=O)c1ccccc1)NCc1csc(-c2ccncc2)n1. The summed E-state index contributed by atoms with van der Waals surface area (Å²) in [5.41, 5.74) is 2.45. The fourth-order valence-corrected chi connectivity index (χ4v) is 3.11. The van der Waals surface area contributed by atoms with E-state index in [1.807, 2.05) is 35.7 Å². The Balaban J connectivity index is 1.47. The average molecular weight is 351 g/mol. The number of benzene rings is 1. The Kier molecular flexibility index (Phi) is 5.64. The summed E-state index contributed by atoms with van der Waals surface area (Å²) in [4.78, 5) is 32.4. The molecule has 0 saturated heterocycles. The van der Waals surface area contributed by atoms with Crippen LogP contribution in [0.5, 0.6) is 0 Å². The van der Waals surface area contributed by atoms with Gasteiger partial charge >= 0.3 is 0 Å². The molecule has 3 rings (SSSR count). The van der Waals surface area contributed by atoms with E-state index in [4.69, 9.17) is 0 Å². The molecule has 2 aromatic heterocycles. The summed E-state index contributed by atoms with van der Waals surface area (Å²) in [7, 11) is 0. The highest BCUT2D eigenvalue weighted by Crippen LogP contribution is 2.22. The van der Waals surface area contributed by atoms with Gasteiger partial charge in [0.25, 0.3) is 0 Å². The maximum atomic E-state index is 12.0. The van der Waals surface area contributed by atoms with Crippen molar-refractivity contribution in [3.63, 3.8) is 0 Å². The number of hydrogen-bond donors (Lipinski definition) is 1. The first-order chi connectivity index (χ1) is 12.2. The summed E-state index contributed by atoms with van der Waals surface area (Å²) in [6, 6.07) is 12.8. The van der Waals surface area contributed by atoms with E-state index in [-0.39, 0.29) is 24.5 Å². The average Bonchev–Trinajstić information content (AvgIpc) is 3.15. The Morgan fingerprint density at radius 2 is 1.76 bits per heavy atom. The molecule has 0 atom stereocenters. The van der Waals surface area contributed by atoms with Crippen LogP contribution in [0.1, 0.15) is 28.9 Å². The lowest BCUT2D eigenvalue weighted by atomic mass is 10.1. The second-order valence-corrected chi connectivity index (χ2v) is 6.30. The summed E-state index contributed by atoms with van der Waals surface area (Å²) < 4.78 is 0. The van der Waals surface area contributed by atoms with Crippen molar-refractivity contribution in [2.75, 3.05) is 0 Å². The zero-order valence-corrected chi connectivity index (χ0v) is 14.3. The fraction of sp³-hybridized carbons (Fsp3) is 0.158. The van der Waals surface area contributed by atoms with Gasteiger partial charge in [0.15, 0.2) is 5.78 Å². The largest absolute Gasteiger partial charge is 0.350 e. The molecule has 3 aromatic rings. The van der Waals surface area contributed by atoms with Crippen molar-refractivity contribution < 1.29 is 9.59 Å². The third-order valence-electron chi connectivity index (χ3n) is 3.62. The van der Waals surface area contributed by atoms with E-state index in [1.165, 1.54) is 11.3 Å². The van der Waals surface area contributed by atoms with Crippen molar-refractivity contribution >= 4 is 23.0 Å². The Bertz CT molecular complexity index is 847. The molecular weight excluding hydrogens is 334 g/mol. The number of hydrogen-bond acceptors (Lipinski definition) is 5. The van der Waals surface area contributed by atoms with Crippen LogP contribution in [-0.4, -0.2) is 21.7 Å². The molecule has 0 fully saturated rings. The maximum Gasteiger partial charge on any atom is 0.220 e. The molecule has 0 aliphatic carbocycles. The van der Waals surface area contributed by atoms with Gasteiger partial charge in [-0.25, -0.2) is 4.98 Å². The van der Waals surface area contributed by atoms with Crippen LogP contribution in [0, 0.1) is 0 Å². The zero-order chi connectivity index (χ0) is 17.5. The summed E-state index contributed by atoms with van der Waals surface area (Å²) in [5.74, 6) is -0.174. The van der Waals surface area contributed by atoms with Crippen molar-refractivity contribution in [2.24, 2.45) is 0 Å². The molecule has 0 aliphatic heterocycles. The van der Waals surface area contributed by atoms with E-state index >= 15 is 0 Å². The molecule has 0 unspecified atom stereocenters. The minimum absolute atomic E-state index is 0.0237. The van der Waals surface area contributed by atoms with Crippen molar-refractivity contribution in [1.29, 1.82) is 0 Å². The van der Waals surface area contributed by atoms with Crippen LogP contribution in [0.3, 0.4) is 0 Å². The van der Waals surface area contributed by atoms with Gasteiger partial charge in [0.2, 0.25) is 5.91 Å². The van der Waals surface area contributed by atoms with Gasteiger partial charge in [-0.2, -0.15) is 0 Å². The molecule has 1 N–H and O–H groups in total. The number of aromatic nitrogens is 2. The maximum absolute atomic E-state index is 12.0. The first-order valence-corrected chi connectivity index (χ1v) is 8.80. The summed E-state index contributed by atoms with van der Waals surface area (Å²) >= 11 is 1.53. The zero-order valence-electron chi connectivity index (χ0n) is 13.5. The smallest absolute Gasteiger partial charge is 0.220 e. The number of rotatable bonds is 7. The van der Waals surface area contributed by atoms with Gasteiger partial charge in [-0.3, -0.25) is 14.6 Å². The second kappa shape index (κ2) is 8.30. The van der Waals surface area contributed by atoms with Crippen molar-refractivity contribution in [3.8, 4) is 10.6 Å². The minimum atomic E-state index is -0.150. The molecule has 0 radical (unpaired) electrons. The van der Waals surface area contributed by atoms with Crippen LogP contribution in [0.25, 0.3) is 10.6 Å². The van der Waals surface area contributed by atoms with E-state index in [1.54, 1.807) is 24.5 Å². The Hall–Kier alpha value is -2.86. The van der Waals surface area contributed by atoms with Gasteiger partial charge in [0.1, 0.15) is 5.01 Å². The fourth-order valence-electron chi connectivity index (χ4n) is 2.29. The first-order valence-electron chi connectivity index (χ1n) is 7.92. The van der Waals surface area contributed by atoms with Crippen LogP contribution in [0.4, 0.5) is 0 Å². The predicted molar refractivity (Wildman–Crippen MR) is 97.2 cm³/mol. The highest BCUT2D eigenvalue weighted by molar-refractivity contribution is 7.13. The normalized spacial score (nSPS) is 10.4. The summed E-state index contributed by atoms with van der Waals surface area (Å²) in [5, 5.41) is 5.63. The Morgan fingerprint density at radius 1 is 1.00 bits per heavy atom. The van der Waals surface area contributed by atoms with Crippen LogP contribution < -0.4 is 5.32 Å².